The molecule has 1 aromatic rings. The normalized spacial score (nSPS) is 13.1. The highest BCUT2D eigenvalue weighted by Gasteiger charge is 2.16. The van der Waals surface area contributed by atoms with Gasteiger partial charge in [-0.25, -0.2) is 0 Å². The Labute approximate surface area is 88.6 Å². The minimum atomic E-state index is 0.225. The van der Waals surface area contributed by atoms with Crippen LogP contribution in [0.25, 0.3) is 0 Å². The first-order valence-electron chi connectivity index (χ1n) is 4.83. The predicted molar refractivity (Wildman–Crippen MR) is 58.2 cm³/mol. The second kappa shape index (κ2) is 6.03. The molecule has 1 aromatic heterocycles. The average molecular weight is 215 g/mol. The lowest BCUT2D eigenvalue weighted by atomic mass is 10.0. The Kier molecular flexibility index (Phi) is 4.97. The number of nitrogens with two attached hydrogens (primary N) is 1. The van der Waals surface area contributed by atoms with Gasteiger partial charge < -0.3 is 10.3 Å². The van der Waals surface area contributed by atoms with Gasteiger partial charge in [0, 0.05) is 6.54 Å². The molecule has 14 heavy (non-hydrogen) atoms. The molecule has 1 rings (SSSR count). The van der Waals surface area contributed by atoms with Crippen LogP contribution in [0.3, 0.4) is 0 Å². The van der Waals surface area contributed by atoms with E-state index in [0.717, 1.165) is 24.4 Å². The van der Waals surface area contributed by atoms with Crippen LogP contribution in [0.1, 0.15) is 37.4 Å². The highest BCUT2D eigenvalue weighted by molar-refractivity contribution is 7.97. The number of nitrogens with zero attached hydrogens (tertiary/aromatic N) is 2. The van der Waals surface area contributed by atoms with Crippen LogP contribution in [0.4, 0.5) is 0 Å². The Bertz CT molecular complexity index is 264. The molecule has 1 atom stereocenters. The van der Waals surface area contributed by atoms with E-state index in [4.69, 9.17) is 10.3 Å². The summed E-state index contributed by atoms with van der Waals surface area (Å²) >= 11 is 1.68. The Hall–Kier alpha value is -0.550. The van der Waals surface area contributed by atoms with Gasteiger partial charge in [0.15, 0.2) is 5.82 Å². The molecule has 0 aliphatic rings. The lowest BCUT2D eigenvalue weighted by Gasteiger charge is -2.06. The molecule has 1 unspecified atom stereocenters. The van der Waals surface area contributed by atoms with Crippen molar-refractivity contribution in [2.24, 2.45) is 5.73 Å². The van der Waals surface area contributed by atoms with Crippen LogP contribution in [0, 0.1) is 0 Å². The molecule has 0 amide bonds. The van der Waals surface area contributed by atoms with Gasteiger partial charge in [-0.1, -0.05) is 18.5 Å². The summed E-state index contributed by atoms with van der Waals surface area (Å²) in [5.74, 6) is 2.48. The van der Waals surface area contributed by atoms with Gasteiger partial charge in [-0.3, -0.25) is 0 Å². The summed E-state index contributed by atoms with van der Waals surface area (Å²) in [4.78, 5) is 4.31. The second-order valence-electron chi connectivity index (χ2n) is 3.20. The Morgan fingerprint density at radius 1 is 1.57 bits per heavy atom. The monoisotopic (exact) mass is 215 g/mol. The van der Waals surface area contributed by atoms with Crippen molar-refractivity contribution >= 4 is 11.8 Å². The molecule has 1 heterocycles. The summed E-state index contributed by atoms with van der Waals surface area (Å²) in [6.45, 7) is 2.70. The first-order valence-corrected chi connectivity index (χ1v) is 6.22. The Morgan fingerprint density at radius 3 is 2.93 bits per heavy atom. The lowest BCUT2D eigenvalue weighted by Crippen LogP contribution is -2.12. The van der Waals surface area contributed by atoms with Crippen LogP contribution < -0.4 is 5.73 Å². The minimum Gasteiger partial charge on any atom is -0.339 e. The van der Waals surface area contributed by atoms with Crippen molar-refractivity contribution in [2.45, 2.75) is 31.4 Å². The first kappa shape index (κ1) is 11.5. The fraction of sp³-hybridized carbons (Fsp3) is 0.778. The van der Waals surface area contributed by atoms with E-state index in [0.29, 0.717) is 12.4 Å². The van der Waals surface area contributed by atoms with E-state index in [1.165, 1.54) is 0 Å². The quantitative estimate of drug-likeness (QED) is 0.783. The first-order chi connectivity index (χ1) is 6.81. The van der Waals surface area contributed by atoms with Gasteiger partial charge in [-0.15, -0.1) is 0 Å². The van der Waals surface area contributed by atoms with Gasteiger partial charge in [0.25, 0.3) is 0 Å². The van der Waals surface area contributed by atoms with Gasteiger partial charge in [-0.05, 0) is 12.7 Å². The van der Waals surface area contributed by atoms with Crippen LogP contribution >= 0.6 is 11.8 Å². The number of aromatic nitrogens is 2. The molecule has 0 saturated carbocycles. The van der Waals surface area contributed by atoms with Crippen LogP contribution in [-0.4, -0.2) is 22.9 Å². The average Bonchev–Trinajstić information content (AvgIpc) is 2.63. The van der Waals surface area contributed by atoms with E-state index >= 15 is 0 Å². The zero-order valence-corrected chi connectivity index (χ0v) is 9.51. The molecular formula is C9H17N3OS. The Balaban J connectivity index is 2.63. The maximum atomic E-state index is 5.64. The van der Waals surface area contributed by atoms with Gasteiger partial charge >= 0.3 is 0 Å². The predicted octanol–water partition coefficient (Wildman–Crippen LogP) is 1.77. The molecule has 0 radical (unpaired) electrons. The van der Waals surface area contributed by atoms with Crippen LogP contribution in [0.15, 0.2) is 4.52 Å². The van der Waals surface area contributed by atoms with E-state index in [2.05, 4.69) is 17.1 Å². The number of thioether (sulfide) groups is 1. The molecular weight excluding hydrogens is 198 g/mol. The molecule has 2 N–H and O–H groups in total. The van der Waals surface area contributed by atoms with Gasteiger partial charge in [0.1, 0.15) is 0 Å². The van der Waals surface area contributed by atoms with Crippen molar-refractivity contribution in [1.29, 1.82) is 0 Å². The summed E-state index contributed by atoms with van der Waals surface area (Å²) in [7, 11) is 0. The SMILES string of the molecule is CCCC(CN)c1nc(CSC)no1. The molecule has 0 spiro atoms. The third-order valence-electron chi connectivity index (χ3n) is 2.03. The fourth-order valence-electron chi connectivity index (χ4n) is 1.31. The summed E-state index contributed by atoms with van der Waals surface area (Å²) in [5, 5.41) is 3.89. The topological polar surface area (TPSA) is 64.9 Å². The van der Waals surface area contributed by atoms with Crippen molar-refractivity contribution in [3.63, 3.8) is 0 Å². The molecule has 5 heteroatoms. The van der Waals surface area contributed by atoms with E-state index in [1.807, 2.05) is 6.26 Å². The molecule has 0 aromatic carbocycles. The molecule has 0 fully saturated rings. The molecule has 0 aliphatic carbocycles. The van der Waals surface area contributed by atoms with E-state index in [9.17, 15) is 0 Å². The highest BCUT2D eigenvalue weighted by Crippen LogP contribution is 2.18. The molecule has 0 bridgehead atoms. The maximum Gasteiger partial charge on any atom is 0.231 e. The van der Waals surface area contributed by atoms with E-state index in [1.54, 1.807) is 11.8 Å². The standard InChI is InChI=1S/C9H17N3OS/c1-3-4-7(5-10)9-11-8(6-14-2)12-13-9/h7H,3-6,10H2,1-2H3. The highest BCUT2D eigenvalue weighted by atomic mass is 32.2. The van der Waals surface area contributed by atoms with Gasteiger partial charge in [0.05, 0.1) is 11.7 Å². The van der Waals surface area contributed by atoms with Crippen LogP contribution in [0.2, 0.25) is 0 Å². The summed E-state index contributed by atoms with van der Waals surface area (Å²) in [6, 6.07) is 0. The third-order valence-corrected chi connectivity index (χ3v) is 2.58. The third kappa shape index (κ3) is 2.99. The fourth-order valence-corrected chi connectivity index (χ4v) is 1.69. The number of hydrogen-bond donors (Lipinski definition) is 1. The van der Waals surface area contributed by atoms with Crippen LogP contribution in [-0.2, 0) is 5.75 Å². The molecule has 0 aliphatic heterocycles. The van der Waals surface area contributed by atoms with Crippen molar-refractivity contribution < 1.29 is 4.52 Å². The van der Waals surface area contributed by atoms with E-state index < -0.39 is 0 Å². The zero-order chi connectivity index (χ0) is 10.4. The minimum absolute atomic E-state index is 0.225. The smallest absolute Gasteiger partial charge is 0.231 e. The van der Waals surface area contributed by atoms with Gasteiger partial charge in [-0.2, -0.15) is 16.7 Å². The molecule has 80 valence electrons. The Morgan fingerprint density at radius 2 is 2.36 bits per heavy atom. The number of hydrogen-bond acceptors (Lipinski definition) is 5. The van der Waals surface area contributed by atoms with Crippen molar-refractivity contribution in [2.75, 3.05) is 12.8 Å². The molecule has 4 nitrogen and oxygen atoms in total. The second-order valence-corrected chi connectivity index (χ2v) is 4.07. The summed E-state index contributed by atoms with van der Waals surface area (Å²) in [5.41, 5.74) is 5.64. The van der Waals surface area contributed by atoms with Crippen LogP contribution in [0.5, 0.6) is 0 Å². The van der Waals surface area contributed by atoms with Crippen molar-refractivity contribution in [1.82, 2.24) is 10.1 Å². The summed E-state index contributed by atoms with van der Waals surface area (Å²) in [6.07, 6.45) is 4.11. The molecule has 0 saturated heterocycles. The van der Waals surface area contributed by atoms with Crippen molar-refractivity contribution in [3.8, 4) is 0 Å². The van der Waals surface area contributed by atoms with E-state index in [-0.39, 0.29) is 5.92 Å². The summed E-state index contributed by atoms with van der Waals surface area (Å²) < 4.78 is 5.17. The largest absolute Gasteiger partial charge is 0.339 e. The number of rotatable bonds is 6. The maximum absolute atomic E-state index is 5.64. The van der Waals surface area contributed by atoms with Gasteiger partial charge in [0.2, 0.25) is 5.89 Å². The van der Waals surface area contributed by atoms with Crippen molar-refractivity contribution in [3.05, 3.63) is 11.7 Å². The lowest BCUT2D eigenvalue weighted by molar-refractivity contribution is 0.344. The zero-order valence-electron chi connectivity index (χ0n) is 8.69.